The van der Waals surface area contributed by atoms with Gasteiger partial charge in [0.25, 0.3) is 0 Å². The fourth-order valence-corrected chi connectivity index (χ4v) is 0.737. The van der Waals surface area contributed by atoms with Gasteiger partial charge in [-0.2, -0.15) is 0 Å². The summed E-state index contributed by atoms with van der Waals surface area (Å²) < 4.78 is 24.9. The minimum Gasteiger partial charge on any atom is -0.207 e. The van der Waals surface area contributed by atoms with Crippen LogP contribution in [0.4, 0.5) is 8.78 Å². The van der Waals surface area contributed by atoms with Crippen LogP contribution in [0.5, 0.6) is 0 Å². The van der Waals surface area contributed by atoms with Crippen LogP contribution in [0.2, 0.25) is 0 Å². The molecule has 61 valence electrons. The highest BCUT2D eigenvalue weighted by molar-refractivity contribution is 4.63. The van der Waals surface area contributed by atoms with Crippen LogP contribution in [-0.2, 0) is 0 Å². The van der Waals surface area contributed by atoms with Gasteiger partial charge in [0.05, 0.1) is 0 Å². The standard InChI is InChI=1S/C8H15F2/c1-3-5-6-7-8(9,10)4-2/h1,3-7H2,2H3. The molecule has 0 N–H and O–H groups in total. The highest BCUT2D eigenvalue weighted by Gasteiger charge is 2.24. The van der Waals surface area contributed by atoms with Crippen LogP contribution in [0.15, 0.2) is 0 Å². The maximum atomic E-state index is 12.5. The molecule has 0 aliphatic heterocycles. The molecule has 0 nitrogen and oxygen atoms in total. The van der Waals surface area contributed by atoms with Crippen LogP contribution in [0.1, 0.15) is 39.0 Å². The predicted molar refractivity (Wildman–Crippen MR) is 39.1 cm³/mol. The molecular formula is C8H15F2. The highest BCUT2D eigenvalue weighted by atomic mass is 19.3. The van der Waals surface area contributed by atoms with Gasteiger partial charge in [0.15, 0.2) is 0 Å². The molecule has 10 heavy (non-hydrogen) atoms. The third-order valence-corrected chi connectivity index (χ3v) is 1.56. The van der Waals surface area contributed by atoms with Crippen molar-refractivity contribution in [3.05, 3.63) is 6.92 Å². The Morgan fingerprint density at radius 1 is 1.30 bits per heavy atom. The van der Waals surface area contributed by atoms with E-state index in [-0.39, 0.29) is 12.8 Å². The minimum absolute atomic E-state index is 0.0268. The summed E-state index contributed by atoms with van der Waals surface area (Å²) in [6, 6.07) is 0. The van der Waals surface area contributed by atoms with Gasteiger partial charge in [0.2, 0.25) is 5.92 Å². The Morgan fingerprint density at radius 3 is 2.30 bits per heavy atom. The molecule has 0 heterocycles. The van der Waals surface area contributed by atoms with E-state index in [4.69, 9.17) is 0 Å². The Hall–Kier alpha value is -0.140. The summed E-state index contributed by atoms with van der Waals surface area (Å²) in [6.45, 7) is 5.10. The van der Waals surface area contributed by atoms with E-state index >= 15 is 0 Å². The molecule has 0 bridgehead atoms. The summed E-state index contributed by atoms with van der Waals surface area (Å²) in [6.07, 6.45) is 2.17. The Labute approximate surface area is 61.6 Å². The molecule has 0 unspecified atom stereocenters. The molecule has 0 fully saturated rings. The Kier molecular flexibility index (Phi) is 4.58. The molecule has 0 aromatic heterocycles. The van der Waals surface area contributed by atoms with Gasteiger partial charge in [0.1, 0.15) is 0 Å². The van der Waals surface area contributed by atoms with Crippen molar-refractivity contribution in [2.75, 3.05) is 0 Å². The van der Waals surface area contributed by atoms with Crippen molar-refractivity contribution in [3.8, 4) is 0 Å². The smallest absolute Gasteiger partial charge is 0.207 e. The zero-order valence-corrected chi connectivity index (χ0v) is 6.50. The normalized spacial score (nSPS) is 12.0. The van der Waals surface area contributed by atoms with Crippen molar-refractivity contribution in [2.45, 2.75) is 45.0 Å². The van der Waals surface area contributed by atoms with E-state index in [2.05, 4.69) is 6.92 Å². The Bertz CT molecular complexity index is 79.3. The van der Waals surface area contributed by atoms with Gasteiger partial charge in [-0.1, -0.05) is 26.7 Å². The van der Waals surface area contributed by atoms with Crippen LogP contribution in [-0.4, -0.2) is 5.92 Å². The molecule has 0 aliphatic rings. The van der Waals surface area contributed by atoms with E-state index < -0.39 is 5.92 Å². The first-order chi connectivity index (χ1) is 4.62. The van der Waals surface area contributed by atoms with Gasteiger partial charge >= 0.3 is 0 Å². The van der Waals surface area contributed by atoms with Crippen molar-refractivity contribution in [3.63, 3.8) is 0 Å². The molecule has 0 saturated carbocycles. The molecule has 2 heteroatoms. The van der Waals surface area contributed by atoms with Crippen LogP contribution >= 0.6 is 0 Å². The third-order valence-electron chi connectivity index (χ3n) is 1.56. The SMILES string of the molecule is [CH2]CCCCC(F)(F)CC. The van der Waals surface area contributed by atoms with E-state index in [1.54, 1.807) is 0 Å². The first kappa shape index (κ1) is 9.86. The number of alkyl halides is 2. The first-order valence-electron chi connectivity index (χ1n) is 3.79. The summed E-state index contributed by atoms with van der Waals surface area (Å²) in [4.78, 5) is 0. The number of hydrogen-bond donors (Lipinski definition) is 0. The first-order valence-corrected chi connectivity index (χ1v) is 3.79. The lowest BCUT2D eigenvalue weighted by Crippen LogP contribution is -2.13. The fourth-order valence-electron chi connectivity index (χ4n) is 0.737. The van der Waals surface area contributed by atoms with Gasteiger partial charge in [0, 0.05) is 12.8 Å². The quantitative estimate of drug-likeness (QED) is 0.525. The van der Waals surface area contributed by atoms with E-state index in [1.807, 2.05) is 0 Å². The molecule has 0 aromatic rings. The van der Waals surface area contributed by atoms with Crippen LogP contribution in [0.25, 0.3) is 0 Å². The monoisotopic (exact) mass is 149 g/mol. The van der Waals surface area contributed by atoms with Gasteiger partial charge in [-0.25, -0.2) is 8.78 Å². The van der Waals surface area contributed by atoms with Gasteiger partial charge < -0.3 is 0 Å². The number of hydrogen-bond acceptors (Lipinski definition) is 0. The lowest BCUT2D eigenvalue weighted by atomic mass is 10.1. The molecule has 1 radical (unpaired) electrons. The molecule has 0 spiro atoms. The van der Waals surface area contributed by atoms with Gasteiger partial charge in [-0.05, 0) is 6.42 Å². The van der Waals surface area contributed by atoms with Crippen molar-refractivity contribution < 1.29 is 8.78 Å². The summed E-state index contributed by atoms with van der Waals surface area (Å²) in [5.74, 6) is -2.44. The molecular weight excluding hydrogens is 134 g/mol. The Balaban J connectivity index is 3.28. The summed E-state index contributed by atoms with van der Waals surface area (Å²) in [5.41, 5.74) is 0. The largest absolute Gasteiger partial charge is 0.247 e. The fraction of sp³-hybridized carbons (Fsp3) is 0.875. The minimum atomic E-state index is -2.44. The van der Waals surface area contributed by atoms with E-state index in [0.717, 1.165) is 12.8 Å². The second kappa shape index (κ2) is 4.64. The average molecular weight is 149 g/mol. The van der Waals surface area contributed by atoms with Crippen LogP contribution in [0, 0.1) is 6.92 Å². The zero-order chi connectivity index (χ0) is 8.04. The van der Waals surface area contributed by atoms with Crippen molar-refractivity contribution in [1.29, 1.82) is 0 Å². The lowest BCUT2D eigenvalue weighted by molar-refractivity contribution is -0.0135. The zero-order valence-electron chi connectivity index (χ0n) is 6.50. The molecule has 0 saturated heterocycles. The number of halogens is 2. The van der Waals surface area contributed by atoms with Gasteiger partial charge in [-0.3, -0.25) is 0 Å². The highest BCUT2D eigenvalue weighted by Crippen LogP contribution is 2.24. The van der Waals surface area contributed by atoms with Crippen molar-refractivity contribution in [2.24, 2.45) is 0 Å². The predicted octanol–water partition coefficient (Wildman–Crippen LogP) is 3.43. The Morgan fingerprint density at radius 2 is 1.90 bits per heavy atom. The van der Waals surface area contributed by atoms with Crippen molar-refractivity contribution >= 4 is 0 Å². The van der Waals surface area contributed by atoms with Gasteiger partial charge in [-0.15, -0.1) is 0 Å². The molecule has 0 aliphatic carbocycles. The topological polar surface area (TPSA) is 0 Å². The molecule has 0 amide bonds. The van der Waals surface area contributed by atoms with Crippen molar-refractivity contribution in [1.82, 2.24) is 0 Å². The third kappa shape index (κ3) is 4.71. The molecule has 0 aromatic carbocycles. The second-order valence-electron chi connectivity index (χ2n) is 2.52. The maximum Gasteiger partial charge on any atom is 0.247 e. The molecule has 0 atom stereocenters. The summed E-state index contributed by atoms with van der Waals surface area (Å²) >= 11 is 0. The number of unbranched alkanes of at least 4 members (excludes halogenated alkanes) is 2. The summed E-state index contributed by atoms with van der Waals surface area (Å²) in [7, 11) is 0. The van der Waals surface area contributed by atoms with E-state index in [1.165, 1.54) is 6.92 Å². The lowest BCUT2D eigenvalue weighted by Gasteiger charge is -2.12. The van der Waals surface area contributed by atoms with Crippen LogP contribution in [0.3, 0.4) is 0 Å². The van der Waals surface area contributed by atoms with E-state index in [9.17, 15) is 8.78 Å². The second-order valence-corrected chi connectivity index (χ2v) is 2.52. The van der Waals surface area contributed by atoms with Crippen LogP contribution < -0.4 is 0 Å². The maximum absolute atomic E-state index is 12.5. The number of rotatable bonds is 5. The average Bonchev–Trinajstić information content (AvgIpc) is 1.89. The summed E-state index contributed by atoms with van der Waals surface area (Å²) in [5, 5.41) is 0. The van der Waals surface area contributed by atoms with E-state index in [0.29, 0.717) is 6.42 Å². The molecule has 0 rings (SSSR count).